The Hall–Kier alpha value is -2.73. The van der Waals surface area contributed by atoms with E-state index in [9.17, 15) is 4.79 Å². The minimum Gasteiger partial charge on any atom is -0.489 e. The Bertz CT molecular complexity index is 927. The zero-order valence-electron chi connectivity index (χ0n) is 14.0. The molecule has 0 aliphatic carbocycles. The minimum absolute atomic E-state index is 0.0356. The van der Waals surface area contributed by atoms with Crippen LogP contribution in [-0.2, 0) is 11.3 Å². The molecule has 1 amide bonds. The van der Waals surface area contributed by atoms with Crippen LogP contribution in [0.15, 0.2) is 47.1 Å². The van der Waals surface area contributed by atoms with Crippen molar-refractivity contribution in [1.82, 2.24) is 10.3 Å². The number of anilines is 1. The molecule has 1 aliphatic rings. The van der Waals surface area contributed by atoms with Gasteiger partial charge >= 0.3 is 0 Å². The van der Waals surface area contributed by atoms with Crippen LogP contribution < -0.4 is 15.4 Å². The predicted octanol–water partition coefficient (Wildman–Crippen LogP) is 3.75. The number of furan rings is 1. The highest BCUT2D eigenvalue weighted by Crippen LogP contribution is 2.32. The minimum atomic E-state index is 0.0356. The summed E-state index contributed by atoms with van der Waals surface area (Å²) in [5.41, 5.74) is 1.54. The number of benzene rings is 1. The Morgan fingerprint density at radius 3 is 3.04 bits per heavy atom. The first-order valence-corrected chi connectivity index (χ1v) is 8.84. The largest absolute Gasteiger partial charge is 0.489 e. The first-order valence-electron chi connectivity index (χ1n) is 8.47. The molecule has 26 heavy (non-hydrogen) atoms. The van der Waals surface area contributed by atoms with Gasteiger partial charge in [0.15, 0.2) is 0 Å². The Balaban J connectivity index is 1.57. The van der Waals surface area contributed by atoms with Gasteiger partial charge in [0, 0.05) is 17.5 Å². The lowest BCUT2D eigenvalue weighted by atomic mass is 10.1. The second-order valence-corrected chi connectivity index (χ2v) is 6.58. The first kappa shape index (κ1) is 16.7. The lowest BCUT2D eigenvalue weighted by Crippen LogP contribution is -2.30. The number of para-hydroxylation sites is 1. The highest BCUT2D eigenvalue weighted by Gasteiger charge is 2.21. The van der Waals surface area contributed by atoms with E-state index in [1.165, 1.54) is 0 Å². The first-order chi connectivity index (χ1) is 12.7. The third-order valence-electron chi connectivity index (χ3n) is 4.33. The molecule has 2 aromatic heterocycles. The van der Waals surface area contributed by atoms with Gasteiger partial charge in [0.1, 0.15) is 28.8 Å². The summed E-state index contributed by atoms with van der Waals surface area (Å²) < 4.78 is 11.3. The van der Waals surface area contributed by atoms with E-state index >= 15 is 0 Å². The third-order valence-corrected chi connectivity index (χ3v) is 4.52. The molecule has 0 spiro atoms. The number of nitrogens with one attached hydrogen (secondary N) is 2. The molecule has 4 rings (SSSR count). The Morgan fingerprint density at radius 2 is 2.27 bits per heavy atom. The van der Waals surface area contributed by atoms with E-state index in [4.69, 9.17) is 20.8 Å². The fraction of sp³-hybridized carbons (Fsp3) is 0.263. The second-order valence-electron chi connectivity index (χ2n) is 6.19. The molecule has 6 nitrogen and oxygen atoms in total. The number of hydrogen-bond acceptors (Lipinski definition) is 5. The van der Waals surface area contributed by atoms with Crippen molar-refractivity contribution in [3.63, 3.8) is 0 Å². The maximum absolute atomic E-state index is 11.3. The van der Waals surface area contributed by atoms with Gasteiger partial charge in [0.2, 0.25) is 5.91 Å². The summed E-state index contributed by atoms with van der Waals surface area (Å²) >= 11 is 6.22. The van der Waals surface area contributed by atoms with Gasteiger partial charge in [-0.1, -0.05) is 23.7 Å². The lowest BCUT2D eigenvalue weighted by molar-refractivity contribution is -0.119. The monoisotopic (exact) mass is 371 g/mol. The van der Waals surface area contributed by atoms with Crippen LogP contribution in [0.25, 0.3) is 10.9 Å². The number of carbonyl (C=O) groups excluding carboxylic acids is 1. The van der Waals surface area contributed by atoms with Crippen LogP contribution in [0.1, 0.15) is 18.6 Å². The highest BCUT2D eigenvalue weighted by atomic mass is 35.5. The molecule has 0 bridgehead atoms. The third kappa shape index (κ3) is 3.60. The van der Waals surface area contributed by atoms with E-state index in [2.05, 4.69) is 15.6 Å². The summed E-state index contributed by atoms with van der Waals surface area (Å²) in [6.45, 7) is 0.954. The molecular weight excluding hydrogens is 354 g/mol. The molecule has 3 aromatic rings. The van der Waals surface area contributed by atoms with E-state index in [0.29, 0.717) is 36.0 Å². The van der Waals surface area contributed by atoms with Gasteiger partial charge < -0.3 is 19.8 Å². The van der Waals surface area contributed by atoms with Crippen LogP contribution in [0, 0.1) is 0 Å². The summed E-state index contributed by atoms with van der Waals surface area (Å²) in [5.74, 6) is 1.55. The number of amides is 1. The molecule has 2 N–H and O–H groups in total. The number of pyridine rings is 1. The van der Waals surface area contributed by atoms with Crippen molar-refractivity contribution in [3.05, 3.63) is 53.6 Å². The molecule has 3 heterocycles. The summed E-state index contributed by atoms with van der Waals surface area (Å²) in [6, 6.07) is 11.3. The number of ether oxygens (including phenoxy) is 1. The fourth-order valence-electron chi connectivity index (χ4n) is 3.04. The number of halogens is 1. The molecular formula is C19H18ClN3O3. The Kier molecular flexibility index (Phi) is 4.67. The molecule has 134 valence electrons. The summed E-state index contributed by atoms with van der Waals surface area (Å²) in [6.07, 6.45) is 2.98. The molecule has 1 aliphatic heterocycles. The standard InChI is InChI=1S/C19H18ClN3O3/c20-17-9-15(21-10-13-3-2-8-25-13)14-4-1-5-16(19(14)23-17)26-11-12-6-7-18(24)22-12/h1-5,8-9,12H,6-7,10-11H2,(H,21,23)(H,22,24)/t12-/m0/s1. The van der Waals surface area contributed by atoms with Crippen molar-refractivity contribution < 1.29 is 13.9 Å². The van der Waals surface area contributed by atoms with Crippen LogP contribution in [-0.4, -0.2) is 23.5 Å². The maximum Gasteiger partial charge on any atom is 0.220 e. The summed E-state index contributed by atoms with van der Waals surface area (Å²) in [7, 11) is 0. The molecule has 1 atom stereocenters. The lowest BCUT2D eigenvalue weighted by Gasteiger charge is -2.15. The Labute approximate surface area is 155 Å². The van der Waals surface area contributed by atoms with E-state index in [1.54, 1.807) is 12.3 Å². The molecule has 7 heteroatoms. The fourth-order valence-corrected chi connectivity index (χ4v) is 3.24. The average Bonchev–Trinajstić information content (AvgIpc) is 3.29. The molecule has 0 saturated carbocycles. The van der Waals surface area contributed by atoms with Gasteiger partial charge in [-0.05, 0) is 30.7 Å². The van der Waals surface area contributed by atoms with Gasteiger partial charge in [-0.2, -0.15) is 0 Å². The van der Waals surface area contributed by atoms with Gasteiger partial charge in [-0.25, -0.2) is 4.98 Å². The Morgan fingerprint density at radius 1 is 1.35 bits per heavy atom. The maximum atomic E-state index is 11.3. The van der Waals surface area contributed by atoms with Gasteiger partial charge in [0.25, 0.3) is 0 Å². The van der Waals surface area contributed by atoms with Crippen LogP contribution in [0.2, 0.25) is 5.15 Å². The number of hydrogen-bond donors (Lipinski definition) is 2. The molecule has 0 unspecified atom stereocenters. The predicted molar refractivity (Wildman–Crippen MR) is 99.4 cm³/mol. The molecule has 1 fully saturated rings. The molecule has 1 aromatic carbocycles. The summed E-state index contributed by atoms with van der Waals surface area (Å²) in [4.78, 5) is 15.8. The van der Waals surface area contributed by atoms with Crippen molar-refractivity contribution in [3.8, 4) is 5.75 Å². The van der Waals surface area contributed by atoms with Gasteiger partial charge in [0.05, 0.1) is 18.8 Å². The SMILES string of the molecule is O=C1CC[C@@H](COc2cccc3c(NCc4ccco4)cc(Cl)nc23)N1. The molecule has 1 saturated heterocycles. The highest BCUT2D eigenvalue weighted by molar-refractivity contribution is 6.30. The number of carbonyl (C=O) groups is 1. The van der Waals surface area contributed by atoms with E-state index in [0.717, 1.165) is 23.3 Å². The quantitative estimate of drug-likeness (QED) is 0.645. The second kappa shape index (κ2) is 7.25. The number of fused-ring (bicyclic) bond motifs is 1. The van der Waals surface area contributed by atoms with E-state index in [-0.39, 0.29) is 11.9 Å². The van der Waals surface area contributed by atoms with Crippen LogP contribution in [0.3, 0.4) is 0 Å². The van der Waals surface area contributed by atoms with E-state index in [1.807, 2.05) is 30.3 Å². The van der Waals surface area contributed by atoms with Crippen molar-refractivity contribution in [1.29, 1.82) is 0 Å². The zero-order valence-corrected chi connectivity index (χ0v) is 14.8. The average molecular weight is 372 g/mol. The number of nitrogens with zero attached hydrogens (tertiary/aromatic N) is 1. The van der Waals surface area contributed by atoms with Crippen LogP contribution in [0.5, 0.6) is 5.75 Å². The zero-order chi connectivity index (χ0) is 17.9. The van der Waals surface area contributed by atoms with Crippen molar-refractivity contribution >= 4 is 34.1 Å². The summed E-state index contributed by atoms with van der Waals surface area (Å²) in [5, 5.41) is 7.52. The topological polar surface area (TPSA) is 76.4 Å². The van der Waals surface area contributed by atoms with Crippen molar-refractivity contribution in [2.24, 2.45) is 0 Å². The molecule has 0 radical (unpaired) electrons. The van der Waals surface area contributed by atoms with Crippen molar-refractivity contribution in [2.75, 3.05) is 11.9 Å². The van der Waals surface area contributed by atoms with Crippen LogP contribution in [0.4, 0.5) is 5.69 Å². The number of rotatable bonds is 6. The van der Waals surface area contributed by atoms with Gasteiger partial charge in [-0.15, -0.1) is 0 Å². The van der Waals surface area contributed by atoms with Crippen molar-refractivity contribution in [2.45, 2.75) is 25.4 Å². The van der Waals surface area contributed by atoms with Crippen LogP contribution >= 0.6 is 11.6 Å². The number of aromatic nitrogens is 1. The smallest absolute Gasteiger partial charge is 0.220 e. The normalized spacial score (nSPS) is 16.7. The van der Waals surface area contributed by atoms with Gasteiger partial charge in [-0.3, -0.25) is 4.79 Å². The van der Waals surface area contributed by atoms with E-state index < -0.39 is 0 Å².